The molecule has 1 saturated carbocycles. The summed E-state index contributed by atoms with van der Waals surface area (Å²) in [6, 6.07) is 10.8. The van der Waals surface area contributed by atoms with Gasteiger partial charge in [-0.05, 0) is 24.6 Å². The van der Waals surface area contributed by atoms with Crippen LogP contribution in [0.15, 0.2) is 42.6 Å². The Morgan fingerprint density at radius 3 is 2.77 bits per heavy atom. The van der Waals surface area contributed by atoms with Gasteiger partial charge >= 0.3 is 0 Å². The summed E-state index contributed by atoms with van der Waals surface area (Å²) < 4.78 is 13.3. The molecule has 0 radical (unpaired) electrons. The maximum Gasteiger partial charge on any atom is 0.272 e. The van der Waals surface area contributed by atoms with E-state index in [9.17, 15) is 9.90 Å². The van der Waals surface area contributed by atoms with Crippen LogP contribution in [0.3, 0.4) is 0 Å². The molecule has 8 heteroatoms. The number of aromatic nitrogens is 2. The van der Waals surface area contributed by atoms with Crippen molar-refractivity contribution < 1.29 is 19.4 Å². The molecule has 1 amide bonds. The number of ether oxygens (including phenoxy) is 2. The molecule has 2 heterocycles. The zero-order chi connectivity index (χ0) is 20.9. The van der Waals surface area contributed by atoms with E-state index in [1.165, 1.54) is 0 Å². The van der Waals surface area contributed by atoms with Gasteiger partial charge in [0.05, 0.1) is 25.3 Å². The number of amides is 1. The third-order valence-electron chi connectivity index (χ3n) is 5.77. The van der Waals surface area contributed by atoms with Gasteiger partial charge in [-0.3, -0.25) is 14.4 Å². The SMILES string of the molecule is CCCn1ccc(C(=O)N[C@@H]2C[C@@H](Oc3ccccc3)[C@H](O)[C@H]2N2CCOCC2)n1. The summed E-state index contributed by atoms with van der Waals surface area (Å²) in [7, 11) is 0. The molecule has 1 aliphatic carbocycles. The molecule has 4 rings (SSSR count). The molecular formula is C22H30N4O4. The van der Waals surface area contributed by atoms with Crippen molar-refractivity contribution in [2.45, 2.75) is 50.6 Å². The van der Waals surface area contributed by atoms with Crippen molar-refractivity contribution >= 4 is 5.91 Å². The molecule has 2 aromatic rings. The first-order valence-corrected chi connectivity index (χ1v) is 10.7. The normalized spacial score (nSPS) is 27.1. The Morgan fingerprint density at radius 2 is 2.03 bits per heavy atom. The predicted molar refractivity (Wildman–Crippen MR) is 111 cm³/mol. The Labute approximate surface area is 176 Å². The third kappa shape index (κ3) is 4.66. The number of aryl methyl sites for hydroxylation is 1. The Balaban J connectivity index is 1.49. The second-order valence-electron chi connectivity index (χ2n) is 7.88. The molecule has 0 bridgehead atoms. The van der Waals surface area contributed by atoms with Crippen molar-refractivity contribution in [3.8, 4) is 5.75 Å². The molecule has 162 valence electrons. The van der Waals surface area contributed by atoms with E-state index in [2.05, 4.69) is 22.2 Å². The number of para-hydroxylation sites is 1. The molecule has 2 aliphatic rings. The molecule has 1 aromatic carbocycles. The van der Waals surface area contributed by atoms with E-state index in [1.807, 2.05) is 36.5 Å². The molecule has 1 saturated heterocycles. The monoisotopic (exact) mass is 414 g/mol. The van der Waals surface area contributed by atoms with E-state index in [1.54, 1.807) is 10.7 Å². The second-order valence-corrected chi connectivity index (χ2v) is 7.88. The molecule has 4 atom stereocenters. The van der Waals surface area contributed by atoms with Crippen LogP contribution >= 0.6 is 0 Å². The fraction of sp³-hybridized carbons (Fsp3) is 0.545. The van der Waals surface area contributed by atoms with Crippen molar-refractivity contribution in [1.82, 2.24) is 20.0 Å². The molecular weight excluding hydrogens is 384 g/mol. The summed E-state index contributed by atoms with van der Waals surface area (Å²) in [4.78, 5) is 15.1. The van der Waals surface area contributed by atoms with Crippen LogP contribution in [0.2, 0.25) is 0 Å². The maximum absolute atomic E-state index is 12.9. The number of aliphatic hydroxyl groups excluding tert-OH is 1. The lowest BCUT2D eigenvalue weighted by Gasteiger charge is -2.37. The predicted octanol–water partition coefficient (Wildman–Crippen LogP) is 1.30. The molecule has 2 N–H and O–H groups in total. The molecule has 0 unspecified atom stereocenters. The van der Waals surface area contributed by atoms with Crippen LogP contribution in [0, 0.1) is 0 Å². The van der Waals surface area contributed by atoms with Gasteiger partial charge in [0, 0.05) is 32.3 Å². The fourth-order valence-corrected chi connectivity index (χ4v) is 4.35. The minimum absolute atomic E-state index is 0.222. The van der Waals surface area contributed by atoms with Gasteiger partial charge in [-0.15, -0.1) is 0 Å². The number of nitrogens with zero attached hydrogens (tertiary/aromatic N) is 3. The highest BCUT2D eigenvalue weighted by Crippen LogP contribution is 2.30. The van der Waals surface area contributed by atoms with Gasteiger partial charge < -0.3 is 19.9 Å². The van der Waals surface area contributed by atoms with Crippen molar-refractivity contribution in [3.63, 3.8) is 0 Å². The van der Waals surface area contributed by atoms with Crippen LogP contribution in [-0.2, 0) is 11.3 Å². The first-order valence-electron chi connectivity index (χ1n) is 10.7. The van der Waals surface area contributed by atoms with E-state index in [4.69, 9.17) is 9.47 Å². The highest BCUT2D eigenvalue weighted by atomic mass is 16.5. The van der Waals surface area contributed by atoms with Crippen LogP contribution in [0.25, 0.3) is 0 Å². The lowest BCUT2D eigenvalue weighted by Crippen LogP contribution is -2.56. The lowest BCUT2D eigenvalue weighted by molar-refractivity contribution is -0.0350. The zero-order valence-corrected chi connectivity index (χ0v) is 17.3. The number of hydrogen-bond acceptors (Lipinski definition) is 6. The Bertz CT molecular complexity index is 822. The van der Waals surface area contributed by atoms with Gasteiger partial charge in [0.2, 0.25) is 0 Å². The number of carbonyl (C=O) groups is 1. The summed E-state index contributed by atoms with van der Waals surface area (Å²) >= 11 is 0. The van der Waals surface area contributed by atoms with Crippen molar-refractivity contribution in [1.29, 1.82) is 0 Å². The number of nitrogens with one attached hydrogen (secondary N) is 1. The Morgan fingerprint density at radius 1 is 1.27 bits per heavy atom. The molecule has 8 nitrogen and oxygen atoms in total. The van der Waals surface area contributed by atoms with Gasteiger partial charge in [-0.25, -0.2) is 0 Å². The largest absolute Gasteiger partial charge is 0.488 e. The van der Waals surface area contributed by atoms with E-state index < -0.39 is 12.2 Å². The number of benzene rings is 1. The summed E-state index contributed by atoms with van der Waals surface area (Å²) in [5.74, 6) is 0.494. The van der Waals surface area contributed by atoms with Gasteiger partial charge in [0.15, 0.2) is 0 Å². The standard InChI is InChI=1S/C22H30N4O4/c1-2-9-26-10-8-17(24-26)22(28)23-18-15-19(30-16-6-4-3-5-7-16)21(27)20(18)25-11-13-29-14-12-25/h3-8,10,18-21,27H,2,9,11-15H2,1H3,(H,23,28)/t18-,19-,20+,21+/m1/s1. The van der Waals surface area contributed by atoms with E-state index >= 15 is 0 Å². The molecule has 0 spiro atoms. The van der Waals surface area contributed by atoms with Crippen LogP contribution in [0.4, 0.5) is 0 Å². The zero-order valence-electron chi connectivity index (χ0n) is 17.3. The summed E-state index contributed by atoms with van der Waals surface area (Å²) in [5.41, 5.74) is 0.395. The van der Waals surface area contributed by atoms with Gasteiger partial charge in [-0.1, -0.05) is 25.1 Å². The van der Waals surface area contributed by atoms with Gasteiger partial charge in [0.25, 0.3) is 5.91 Å². The highest BCUT2D eigenvalue weighted by Gasteiger charge is 2.47. The van der Waals surface area contributed by atoms with Crippen LogP contribution < -0.4 is 10.1 Å². The molecule has 1 aliphatic heterocycles. The van der Waals surface area contributed by atoms with E-state index in [0.717, 1.165) is 26.1 Å². The average molecular weight is 415 g/mol. The minimum Gasteiger partial charge on any atom is -0.488 e. The first-order chi connectivity index (χ1) is 14.7. The summed E-state index contributed by atoms with van der Waals surface area (Å²) in [5, 5.41) is 18.6. The minimum atomic E-state index is -0.716. The topological polar surface area (TPSA) is 88.9 Å². The highest BCUT2D eigenvalue weighted by molar-refractivity contribution is 5.92. The fourth-order valence-electron chi connectivity index (χ4n) is 4.35. The Hall–Kier alpha value is -2.42. The second kappa shape index (κ2) is 9.59. The number of aliphatic hydroxyl groups is 1. The van der Waals surface area contributed by atoms with E-state index in [0.29, 0.717) is 31.1 Å². The van der Waals surface area contributed by atoms with Crippen LogP contribution in [0.1, 0.15) is 30.3 Å². The quantitative estimate of drug-likeness (QED) is 0.710. The van der Waals surface area contributed by atoms with E-state index in [-0.39, 0.29) is 18.0 Å². The van der Waals surface area contributed by atoms with Crippen molar-refractivity contribution in [3.05, 3.63) is 48.3 Å². The average Bonchev–Trinajstić information content (AvgIpc) is 3.35. The maximum atomic E-state index is 12.9. The Kier molecular flexibility index (Phi) is 6.66. The molecule has 30 heavy (non-hydrogen) atoms. The lowest BCUT2D eigenvalue weighted by atomic mass is 10.1. The summed E-state index contributed by atoms with van der Waals surface area (Å²) in [6.45, 7) is 5.53. The number of rotatable bonds is 7. The summed E-state index contributed by atoms with van der Waals surface area (Å²) in [6.07, 6.45) is 2.19. The molecule has 1 aromatic heterocycles. The van der Waals surface area contributed by atoms with Crippen LogP contribution in [0.5, 0.6) is 5.75 Å². The first kappa shape index (κ1) is 20.8. The van der Waals surface area contributed by atoms with Crippen molar-refractivity contribution in [2.75, 3.05) is 26.3 Å². The van der Waals surface area contributed by atoms with Crippen LogP contribution in [-0.4, -0.2) is 76.3 Å². The third-order valence-corrected chi connectivity index (χ3v) is 5.77. The number of morpholine rings is 1. The van der Waals surface area contributed by atoms with Crippen molar-refractivity contribution in [2.24, 2.45) is 0 Å². The number of carbonyl (C=O) groups excluding carboxylic acids is 1. The molecule has 2 fully saturated rings. The van der Waals surface area contributed by atoms with Gasteiger partial charge in [-0.2, -0.15) is 5.10 Å². The smallest absolute Gasteiger partial charge is 0.272 e. The number of hydrogen-bond donors (Lipinski definition) is 2. The van der Waals surface area contributed by atoms with Gasteiger partial charge in [0.1, 0.15) is 23.7 Å².